The first-order valence-corrected chi connectivity index (χ1v) is 17.4. The molecular weight excluding hydrogens is 537 g/mol. The van der Waals surface area contributed by atoms with Crippen LogP contribution in [0.4, 0.5) is 14.9 Å². The lowest BCUT2D eigenvalue weighted by molar-refractivity contribution is 0.0786. The Kier molecular flexibility index (Phi) is 8.98. The average Bonchev–Trinajstić information content (AvgIpc) is 3.57. The predicted molar refractivity (Wildman–Crippen MR) is 153 cm³/mol. The van der Waals surface area contributed by atoms with Crippen molar-refractivity contribution < 1.29 is 23.8 Å². The van der Waals surface area contributed by atoms with Gasteiger partial charge in [-0.1, -0.05) is 25.7 Å². The van der Waals surface area contributed by atoms with Crippen molar-refractivity contribution in [3.8, 4) is 10.6 Å². The molecule has 208 valence electrons. The number of amides is 2. The number of carbonyl (C=O) groups excluding carboxylic acids is 1. The Morgan fingerprint density at radius 2 is 2.13 bits per heavy atom. The molecule has 2 aromatic heterocycles. The van der Waals surface area contributed by atoms with Crippen molar-refractivity contribution in [2.75, 3.05) is 19.0 Å². The second-order valence-electron chi connectivity index (χ2n) is 10.8. The maximum atomic E-state index is 14.2. The van der Waals surface area contributed by atoms with E-state index in [1.54, 1.807) is 29.4 Å². The highest BCUT2D eigenvalue weighted by atomic mass is 32.1. The molecule has 0 fully saturated rings. The summed E-state index contributed by atoms with van der Waals surface area (Å²) >= 11 is 1.34. The molecule has 0 spiro atoms. The van der Waals surface area contributed by atoms with Crippen molar-refractivity contribution in [2.24, 2.45) is 0 Å². The zero-order chi connectivity index (χ0) is 28.2. The number of anilines is 1. The Hall–Kier alpha value is -3.35. The van der Waals surface area contributed by atoms with E-state index in [9.17, 15) is 19.1 Å². The van der Waals surface area contributed by atoms with Gasteiger partial charge in [-0.25, -0.2) is 18.9 Å². The van der Waals surface area contributed by atoms with E-state index in [0.717, 1.165) is 17.2 Å². The minimum absolute atomic E-state index is 0.132. The largest absolute Gasteiger partial charge is 0.465 e. The molecule has 1 aromatic carbocycles. The first-order valence-electron chi connectivity index (χ1n) is 12.8. The van der Waals surface area contributed by atoms with Crippen LogP contribution in [-0.2, 0) is 11.5 Å². The molecule has 2 N–H and O–H groups in total. The lowest BCUT2D eigenvalue weighted by Crippen LogP contribution is -2.36. The van der Waals surface area contributed by atoms with Gasteiger partial charge >= 0.3 is 6.09 Å². The molecule has 39 heavy (non-hydrogen) atoms. The monoisotopic (exact) mass is 571 g/mol. The zero-order valence-corrected chi connectivity index (χ0v) is 24.4. The summed E-state index contributed by atoms with van der Waals surface area (Å²) in [5, 5.41) is 18.8. The number of hydrogen-bond acceptors (Lipinski definition) is 6. The molecule has 4 rings (SSSR count). The van der Waals surface area contributed by atoms with Crippen molar-refractivity contribution in [1.82, 2.24) is 19.7 Å². The molecule has 0 saturated carbocycles. The molecule has 2 amide bonds. The topological polar surface area (TPSA) is 110 Å². The van der Waals surface area contributed by atoms with Crippen LogP contribution >= 0.6 is 11.3 Å². The van der Waals surface area contributed by atoms with Crippen LogP contribution in [0.2, 0.25) is 25.7 Å². The lowest BCUT2D eigenvalue weighted by Gasteiger charge is -2.29. The number of ether oxygens (including phenoxy) is 1. The van der Waals surface area contributed by atoms with Crippen LogP contribution in [0.3, 0.4) is 0 Å². The fourth-order valence-corrected chi connectivity index (χ4v) is 5.77. The van der Waals surface area contributed by atoms with Gasteiger partial charge in [0.05, 0.1) is 6.20 Å². The molecule has 2 heterocycles. The summed E-state index contributed by atoms with van der Waals surface area (Å²) in [6.07, 6.45) is 6.20. The molecule has 0 bridgehead atoms. The smallest absolute Gasteiger partial charge is 0.407 e. The number of allylic oxidation sites excluding steroid dienone is 1. The van der Waals surface area contributed by atoms with Gasteiger partial charge in [-0.3, -0.25) is 4.79 Å². The van der Waals surface area contributed by atoms with E-state index in [4.69, 9.17) is 4.74 Å². The van der Waals surface area contributed by atoms with Gasteiger partial charge in [0.1, 0.15) is 23.2 Å². The summed E-state index contributed by atoms with van der Waals surface area (Å²) in [6.45, 7) is 7.98. The van der Waals surface area contributed by atoms with E-state index in [-0.39, 0.29) is 11.7 Å². The van der Waals surface area contributed by atoms with Crippen LogP contribution in [0.1, 0.15) is 35.3 Å². The highest BCUT2D eigenvalue weighted by Gasteiger charge is 2.24. The maximum absolute atomic E-state index is 14.2. The van der Waals surface area contributed by atoms with Crippen molar-refractivity contribution in [2.45, 2.75) is 57.7 Å². The Balaban J connectivity index is 1.41. The Morgan fingerprint density at radius 1 is 1.33 bits per heavy atom. The van der Waals surface area contributed by atoms with Gasteiger partial charge in [0, 0.05) is 56.2 Å². The number of hydrogen-bond donors (Lipinski definition) is 2. The molecule has 0 saturated heterocycles. The molecule has 3 aromatic rings. The van der Waals surface area contributed by atoms with Gasteiger partial charge in [0.15, 0.2) is 0 Å². The van der Waals surface area contributed by atoms with Gasteiger partial charge in [-0.05, 0) is 49.1 Å². The van der Waals surface area contributed by atoms with Crippen LogP contribution < -0.4 is 5.32 Å². The number of aromatic nitrogens is 3. The second-order valence-corrected chi connectivity index (χ2v) is 17.3. The molecule has 0 aliphatic heterocycles. The lowest BCUT2D eigenvalue weighted by atomic mass is 9.89. The van der Waals surface area contributed by atoms with E-state index in [0.29, 0.717) is 48.9 Å². The highest BCUT2D eigenvalue weighted by molar-refractivity contribution is 7.13. The number of nitrogens with zero attached hydrogens (tertiary/aromatic N) is 4. The number of carbonyl (C=O) groups is 2. The summed E-state index contributed by atoms with van der Waals surface area (Å²) in [4.78, 5) is 30.1. The van der Waals surface area contributed by atoms with Crippen molar-refractivity contribution in [3.05, 3.63) is 59.1 Å². The van der Waals surface area contributed by atoms with E-state index in [1.807, 2.05) is 12.3 Å². The summed E-state index contributed by atoms with van der Waals surface area (Å²) in [6, 6.07) is 5.19. The minimum Gasteiger partial charge on any atom is -0.465 e. The summed E-state index contributed by atoms with van der Waals surface area (Å²) in [5.41, 5.74) is 2.99. The number of nitrogens with one attached hydrogen (secondary N) is 1. The maximum Gasteiger partial charge on any atom is 0.407 e. The second kappa shape index (κ2) is 12.2. The summed E-state index contributed by atoms with van der Waals surface area (Å²) < 4.78 is 21.6. The van der Waals surface area contributed by atoms with E-state index in [2.05, 4.69) is 35.0 Å². The van der Waals surface area contributed by atoms with E-state index in [1.165, 1.54) is 28.4 Å². The SMILES string of the molecule is CN(C(=O)O)C1CC=C(c2cc(F)ccc2NC(=O)c2csc(-c3cnn(COCC[Si](C)(C)C)c3)n2)CC1. The Morgan fingerprint density at radius 3 is 2.82 bits per heavy atom. The average molecular weight is 572 g/mol. The van der Waals surface area contributed by atoms with Gasteiger partial charge < -0.3 is 20.1 Å². The third-order valence-electron chi connectivity index (χ3n) is 6.65. The number of thiazole rings is 1. The number of carboxylic acid groups (broad SMARTS) is 1. The summed E-state index contributed by atoms with van der Waals surface area (Å²) in [7, 11) is 0.401. The highest BCUT2D eigenvalue weighted by Crippen LogP contribution is 2.34. The Bertz CT molecular complexity index is 1370. The van der Waals surface area contributed by atoms with Crippen LogP contribution in [0.15, 0.2) is 42.0 Å². The van der Waals surface area contributed by atoms with E-state index < -0.39 is 25.9 Å². The molecule has 9 nitrogen and oxygen atoms in total. The predicted octanol–water partition coefficient (Wildman–Crippen LogP) is 6.26. The Labute approximate surface area is 232 Å². The van der Waals surface area contributed by atoms with Crippen LogP contribution in [0.5, 0.6) is 0 Å². The van der Waals surface area contributed by atoms with Gasteiger partial charge in [-0.15, -0.1) is 11.3 Å². The third-order valence-corrected chi connectivity index (χ3v) is 9.24. The first kappa shape index (κ1) is 28.6. The third kappa shape index (κ3) is 7.61. The fraction of sp³-hybridized carbons (Fsp3) is 0.407. The van der Waals surface area contributed by atoms with Gasteiger partial charge in [0.2, 0.25) is 0 Å². The van der Waals surface area contributed by atoms with Gasteiger partial charge in [0.25, 0.3) is 5.91 Å². The fourth-order valence-electron chi connectivity index (χ4n) is 4.24. The standard InChI is InChI=1S/C27H34FN5O4SSi/c1-32(27(35)36)21-8-5-18(6-9-21)22-13-20(28)7-10-23(22)30-25(34)24-16-38-26(31-24)19-14-29-33(15-19)17-37-11-12-39(2,3)4/h5,7,10,13-16,21H,6,8-9,11-12,17H2,1-4H3,(H,30,34)(H,35,36). The van der Waals surface area contributed by atoms with Crippen LogP contribution in [-0.4, -0.2) is 64.5 Å². The van der Waals surface area contributed by atoms with Crippen molar-refractivity contribution in [3.63, 3.8) is 0 Å². The normalized spacial score (nSPS) is 15.6. The number of halogens is 1. The minimum atomic E-state index is -1.15. The van der Waals surface area contributed by atoms with Crippen LogP contribution in [0.25, 0.3) is 16.1 Å². The van der Waals surface area contributed by atoms with Crippen molar-refractivity contribution in [1.29, 1.82) is 0 Å². The molecule has 1 unspecified atom stereocenters. The number of benzene rings is 1. The zero-order valence-electron chi connectivity index (χ0n) is 22.6. The molecule has 1 aliphatic carbocycles. The van der Waals surface area contributed by atoms with Crippen molar-refractivity contribution >= 4 is 42.7 Å². The quantitative estimate of drug-likeness (QED) is 0.220. The van der Waals surface area contributed by atoms with Gasteiger partial charge in [-0.2, -0.15) is 5.10 Å². The summed E-state index contributed by atoms with van der Waals surface area (Å²) in [5.74, 6) is -0.807. The molecule has 1 atom stereocenters. The molecular formula is C27H34FN5O4SSi. The first-order chi connectivity index (χ1) is 18.5. The van der Waals surface area contributed by atoms with E-state index >= 15 is 0 Å². The number of rotatable bonds is 10. The molecule has 0 radical (unpaired) electrons. The van der Waals surface area contributed by atoms with Crippen LogP contribution in [0, 0.1) is 5.82 Å². The molecule has 1 aliphatic rings. The molecule has 12 heteroatoms.